The molecule has 0 aromatic carbocycles. The SMILES string of the molecule is NC1C=C(CCC2CCCCO2)CNC1. The maximum Gasteiger partial charge on any atom is 0.0578 e. The Kier molecular flexibility index (Phi) is 4.18. The van der Waals surface area contributed by atoms with Crippen molar-refractivity contribution in [3.8, 4) is 0 Å². The van der Waals surface area contributed by atoms with E-state index in [0.717, 1.165) is 26.1 Å². The molecule has 2 aliphatic heterocycles. The molecule has 2 unspecified atom stereocenters. The summed E-state index contributed by atoms with van der Waals surface area (Å²) in [5.41, 5.74) is 7.32. The molecule has 2 atom stereocenters. The van der Waals surface area contributed by atoms with E-state index in [1.807, 2.05) is 0 Å². The van der Waals surface area contributed by atoms with E-state index in [1.54, 1.807) is 0 Å². The van der Waals surface area contributed by atoms with Gasteiger partial charge in [0.1, 0.15) is 0 Å². The monoisotopic (exact) mass is 210 g/mol. The second kappa shape index (κ2) is 5.64. The molecular weight excluding hydrogens is 188 g/mol. The van der Waals surface area contributed by atoms with Crippen LogP contribution >= 0.6 is 0 Å². The minimum Gasteiger partial charge on any atom is -0.378 e. The van der Waals surface area contributed by atoms with E-state index in [1.165, 1.54) is 31.3 Å². The highest BCUT2D eigenvalue weighted by Crippen LogP contribution is 2.19. The van der Waals surface area contributed by atoms with Gasteiger partial charge in [0.15, 0.2) is 0 Å². The van der Waals surface area contributed by atoms with Gasteiger partial charge in [0.2, 0.25) is 0 Å². The Morgan fingerprint density at radius 1 is 1.47 bits per heavy atom. The third kappa shape index (κ3) is 3.59. The molecular formula is C12H22N2O. The Balaban J connectivity index is 1.72. The maximum atomic E-state index is 5.86. The largest absolute Gasteiger partial charge is 0.378 e. The van der Waals surface area contributed by atoms with E-state index in [0.29, 0.717) is 6.10 Å². The van der Waals surface area contributed by atoms with Crippen LogP contribution in [-0.2, 0) is 4.74 Å². The van der Waals surface area contributed by atoms with Gasteiger partial charge in [-0.2, -0.15) is 0 Å². The third-order valence-electron chi connectivity index (χ3n) is 3.24. The molecule has 2 heterocycles. The lowest BCUT2D eigenvalue weighted by Gasteiger charge is -2.24. The second-order valence-corrected chi connectivity index (χ2v) is 4.65. The Hall–Kier alpha value is -0.380. The molecule has 0 aromatic heterocycles. The summed E-state index contributed by atoms with van der Waals surface area (Å²) in [5.74, 6) is 0. The van der Waals surface area contributed by atoms with Crippen LogP contribution in [0.2, 0.25) is 0 Å². The van der Waals surface area contributed by atoms with Gasteiger partial charge in [-0.3, -0.25) is 0 Å². The molecule has 15 heavy (non-hydrogen) atoms. The fraction of sp³-hybridized carbons (Fsp3) is 0.833. The van der Waals surface area contributed by atoms with Gasteiger partial charge in [0, 0.05) is 25.7 Å². The Bertz CT molecular complexity index is 222. The highest BCUT2D eigenvalue weighted by molar-refractivity contribution is 5.12. The molecule has 2 rings (SSSR count). The van der Waals surface area contributed by atoms with E-state index >= 15 is 0 Å². The first-order valence-corrected chi connectivity index (χ1v) is 6.12. The molecule has 0 radical (unpaired) electrons. The van der Waals surface area contributed by atoms with Gasteiger partial charge in [-0.05, 0) is 32.1 Å². The summed E-state index contributed by atoms with van der Waals surface area (Å²) in [4.78, 5) is 0. The van der Waals surface area contributed by atoms with Gasteiger partial charge < -0.3 is 15.8 Å². The zero-order chi connectivity index (χ0) is 10.5. The number of nitrogens with two attached hydrogens (primary N) is 1. The van der Waals surface area contributed by atoms with Crippen molar-refractivity contribution < 1.29 is 4.74 Å². The summed E-state index contributed by atoms with van der Waals surface area (Å²) in [6.07, 6.45) is 8.85. The number of hydrogen-bond donors (Lipinski definition) is 2. The molecule has 3 nitrogen and oxygen atoms in total. The van der Waals surface area contributed by atoms with Crippen LogP contribution < -0.4 is 11.1 Å². The highest BCUT2D eigenvalue weighted by atomic mass is 16.5. The van der Waals surface area contributed by atoms with Crippen molar-refractivity contribution in [3.05, 3.63) is 11.6 Å². The summed E-state index contributed by atoms with van der Waals surface area (Å²) >= 11 is 0. The first-order chi connectivity index (χ1) is 7.34. The van der Waals surface area contributed by atoms with E-state index in [4.69, 9.17) is 10.5 Å². The molecule has 1 fully saturated rings. The fourth-order valence-electron chi connectivity index (χ4n) is 2.37. The van der Waals surface area contributed by atoms with Crippen molar-refractivity contribution in [3.63, 3.8) is 0 Å². The van der Waals surface area contributed by atoms with Gasteiger partial charge in [-0.25, -0.2) is 0 Å². The molecule has 2 aliphatic rings. The van der Waals surface area contributed by atoms with Crippen LogP contribution in [0.15, 0.2) is 11.6 Å². The van der Waals surface area contributed by atoms with Crippen LogP contribution in [0.3, 0.4) is 0 Å². The molecule has 0 bridgehead atoms. The lowest BCUT2D eigenvalue weighted by Crippen LogP contribution is -2.38. The summed E-state index contributed by atoms with van der Waals surface area (Å²) in [6, 6.07) is 0.209. The third-order valence-corrected chi connectivity index (χ3v) is 3.24. The predicted octanol–water partition coefficient (Wildman–Crippen LogP) is 1.19. The van der Waals surface area contributed by atoms with Crippen molar-refractivity contribution in [2.75, 3.05) is 19.7 Å². The quantitative estimate of drug-likeness (QED) is 0.688. The number of ether oxygens (including phenoxy) is 1. The van der Waals surface area contributed by atoms with Crippen LogP contribution in [-0.4, -0.2) is 31.8 Å². The predicted molar refractivity (Wildman–Crippen MR) is 61.8 cm³/mol. The Morgan fingerprint density at radius 3 is 3.13 bits per heavy atom. The standard InChI is InChI=1S/C12H22N2O/c13-11-7-10(8-14-9-11)4-5-12-3-1-2-6-15-12/h7,11-12,14H,1-6,8-9,13H2. The fourth-order valence-corrected chi connectivity index (χ4v) is 2.37. The molecule has 0 saturated carbocycles. The Morgan fingerprint density at radius 2 is 2.40 bits per heavy atom. The second-order valence-electron chi connectivity index (χ2n) is 4.65. The van der Waals surface area contributed by atoms with Gasteiger partial charge in [-0.15, -0.1) is 0 Å². The topological polar surface area (TPSA) is 47.3 Å². The van der Waals surface area contributed by atoms with E-state index < -0.39 is 0 Å². The van der Waals surface area contributed by atoms with Crippen molar-refractivity contribution in [1.82, 2.24) is 5.32 Å². The zero-order valence-electron chi connectivity index (χ0n) is 9.37. The van der Waals surface area contributed by atoms with Crippen molar-refractivity contribution in [2.45, 2.75) is 44.2 Å². The number of hydrogen-bond acceptors (Lipinski definition) is 3. The average molecular weight is 210 g/mol. The average Bonchev–Trinajstić information content (AvgIpc) is 2.28. The van der Waals surface area contributed by atoms with Gasteiger partial charge in [-0.1, -0.05) is 11.6 Å². The van der Waals surface area contributed by atoms with Crippen LogP contribution in [0, 0.1) is 0 Å². The van der Waals surface area contributed by atoms with Gasteiger partial charge >= 0.3 is 0 Å². The van der Waals surface area contributed by atoms with E-state index in [-0.39, 0.29) is 6.04 Å². The minimum absolute atomic E-state index is 0.209. The number of nitrogens with one attached hydrogen (secondary N) is 1. The molecule has 0 aliphatic carbocycles. The molecule has 1 saturated heterocycles. The van der Waals surface area contributed by atoms with Crippen molar-refractivity contribution >= 4 is 0 Å². The molecule has 0 aromatic rings. The lowest BCUT2D eigenvalue weighted by molar-refractivity contribution is 0.0114. The molecule has 86 valence electrons. The normalized spacial score (nSPS) is 32.5. The Labute approximate surface area is 92.1 Å². The highest BCUT2D eigenvalue weighted by Gasteiger charge is 2.15. The molecule has 3 N–H and O–H groups in total. The van der Waals surface area contributed by atoms with Crippen LogP contribution in [0.5, 0.6) is 0 Å². The summed E-state index contributed by atoms with van der Waals surface area (Å²) < 4.78 is 5.72. The van der Waals surface area contributed by atoms with Gasteiger partial charge in [0.05, 0.1) is 6.10 Å². The van der Waals surface area contributed by atoms with Crippen molar-refractivity contribution in [2.24, 2.45) is 5.73 Å². The van der Waals surface area contributed by atoms with E-state index in [9.17, 15) is 0 Å². The van der Waals surface area contributed by atoms with Crippen LogP contribution in [0.1, 0.15) is 32.1 Å². The van der Waals surface area contributed by atoms with E-state index in [2.05, 4.69) is 11.4 Å². The zero-order valence-corrected chi connectivity index (χ0v) is 9.37. The van der Waals surface area contributed by atoms with Crippen LogP contribution in [0.4, 0.5) is 0 Å². The lowest BCUT2D eigenvalue weighted by atomic mass is 9.98. The molecule has 0 spiro atoms. The smallest absolute Gasteiger partial charge is 0.0578 e. The first-order valence-electron chi connectivity index (χ1n) is 6.12. The number of rotatable bonds is 3. The first kappa shape index (κ1) is 11.1. The van der Waals surface area contributed by atoms with Crippen molar-refractivity contribution in [1.29, 1.82) is 0 Å². The van der Waals surface area contributed by atoms with Crippen LogP contribution in [0.25, 0.3) is 0 Å². The summed E-state index contributed by atoms with van der Waals surface area (Å²) in [7, 11) is 0. The van der Waals surface area contributed by atoms with Gasteiger partial charge in [0.25, 0.3) is 0 Å². The summed E-state index contributed by atoms with van der Waals surface area (Å²) in [5, 5.41) is 3.34. The maximum absolute atomic E-state index is 5.86. The minimum atomic E-state index is 0.209. The summed E-state index contributed by atoms with van der Waals surface area (Å²) in [6.45, 7) is 2.89. The molecule has 0 amide bonds. The molecule has 3 heteroatoms.